The summed E-state index contributed by atoms with van der Waals surface area (Å²) in [5.74, 6) is -2.98. The molecule has 0 aliphatic rings. The molecule has 1 heterocycles. The Balaban J connectivity index is 2.62. The molecule has 0 saturated heterocycles. The minimum Gasteiger partial charge on any atom is -0.352 e. The Morgan fingerprint density at radius 1 is 1.48 bits per heavy atom. The van der Waals surface area contributed by atoms with E-state index in [9.17, 15) is 18.0 Å². The minimum atomic E-state index is -3.99. The maximum Gasteiger partial charge on any atom is 0.383 e. The molecule has 1 amide bonds. The molecule has 0 radical (unpaired) electrons. The molecular weight excluding hydrogens is 356 g/mol. The van der Waals surface area contributed by atoms with Gasteiger partial charge in [0.15, 0.2) is 0 Å². The van der Waals surface area contributed by atoms with Crippen LogP contribution in [0.3, 0.4) is 0 Å². The number of nitrogens with one attached hydrogen (secondary N) is 1. The van der Waals surface area contributed by atoms with Gasteiger partial charge in [-0.3, -0.25) is 4.79 Å². The van der Waals surface area contributed by atoms with Gasteiger partial charge in [-0.1, -0.05) is 22.8 Å². The van der Waals surface area contributed by atoms with Crippen molar-refractivity contribution < 1.29 is 22.5 Å². The monoisotopic (exact) mass is 364 g/mol. The summed E-state index contributed by atoms with van der Waals surface area (Å²) in [6.07, 6.45) is 1.34. The van der Waals surface area contributed by atoms with Gasteiger partial charge in [0.1, 0.15) is 17.1 Å². The van der Waals surface area contributed by atoms with E-state index < -0.39 is 34.1 Å². The molecule has 122 valence electrons. The molecule has 0 unspecified atom stereocenters. The first-order valence-corrected chi connectivity index (χ1v) is 6.92. The van der Waals surface area contributed by atoms with Crippen molar-refractivity contribution in [1.29, 1.82) is 0 Å². The normalized spacial score (nSPS) is 11.3. The SMILES string of the molecule is C=CCNC(=O)c1c(-c2ccc(Cl)cc2F)noc1C(F)(F)Cl. The standard InChI is InChI=1S/C14H9Cl2F3N2O2/c1-2-5-20-13(22)10-11(21-23-12(10)14(16,18)19)8-4-3-7(15)6-9(8)17/h2-4,6H,1,5H2,(H,20,22). The van der Waals surface area contributed by atoms with Gasteiger partial charge >= 0.3 is 5.38 Å². The van der Waals surface area contributed by atoms with E-state index in [1.165, 1.54) is 18.2 Å². The molecule has 23 heavy (non-hydrogen) atoms. The molecule has 9 heteroatoms. The van der Waals surface area contributed by atoms with Crippen LogP contribution in [0.5, 0.6) is 0 Å². The highest BCUT2D eigenvalue weighted by atomic mass is 35.5. The summed E-state index contributed by atoms with van der Waals surface area (Å²) in [5.41, 5.74) is -1.29. The Morgan fingerprint density at radius 2 is 2.17 bits per heavy atom. The number of aromatic nitrogens is 1. The number of hydrogen-bond donors (Lipinski definition) is 1. The summed E-state index contributed by atoms with van der Waals surface area (Å²) in [4.78, 5) is 12.1. The van der Waals surface area contributed by atoms with Crippen LogP contribution in [0.1, 0.15) is 16.1 Å². The Morgan fingerprint density at radius 3 is 2.74 bits per heavy atom. The fourth-order valence-electron chi connectivity index (χ4n) is 1.81. The lowest BCUT2D eigenvalue weighted by Crippen LogP contribution is -2.25. The van der Waals surface area contributed by atoms with E-state index in [-0.39, 0.29) is 17.1 Å². The Bertz CT molecular complexity index is 757. The predicted octanol–water partition coefficient (Wildman–Crippen LogP) is 4.34. The van der Waals surface area contributed by atoms with Gasteiger partial charge in [0.05, 0.1) is 0 Å². The van der Waals surface area contributed by atoms with Crippen LogP contribution in [0.25, 0.3) is 11.3 Å². The quantitative estimate of drug-likeness (QED) is 0.634. The molecule has 0 fully saturated rings. The second-order valence-electron chi connectivity index (χ2n) is 4.36. The zero-order chi connectivity index (χ0) is 17.2. The molecule has 4 nitrogen and oxygen atoms in total. The topological polar surface area (TPSA) is 55.1 Å². The first-order valence-electron chi connectivity index (χ1n) is 6.17. The van der Waals surface area contributed by atoms with Gasteiger partial charge in [0.2, 0.25) is 5.76 Å². The van der Waals surface area contributed by atoms with Crippen molar-refractivity contribution >= 4 is 29.1 Å². The molecule has 1 aromatic heterocycles. The molecule has 1 aromatic carbocycles. The zero-order valence-corrected chi connectivity index (χ0v) is 12.9. The molecular formula is C14H9Cl2F3N2O2. The second kappa shape index (κ2) is 6.64. The van der Waals surface area contributed by atoms with Crippen molar-refractivity contribution in [2.75, 3.05) is 6.54 Å². The smallest absolute Gasteiger partial charge is 0.352 e. The van der Waals surface area contributed by atoms with E-state index in [1.54, 1.807) is 0 Å². The van der Waals surface area contributed by atoms with Crippen LogP contribution < -0.4 is 5.32 Å². The third kappa shape index (κ3) is 3.68. The number of alkyl halides is 3. The number of halogens is 5. The second-order valence-corrected chi connectivity index (χ2v) is 5.27. The van der Waals surface area contributed by atoms with Crippen LogP contribution in [0.2, 0.25) is 5.02 Å². The summed E-state index contributed by atoms with van der Waals surface area (Å²) < 4.78 is 45.3. The van der Waals surface area contributed by atoms with Crippen molar-refractivity contribution in [3.8, 4) is 11.3 Å². The molecule has 0 spiro atoms. The number of amides is 1. The lowest BCUT2D eigenvalue weighted by Gasteiger charge is -2.08. The highest BCUT2D eigenvalue weighted by Crippen LogP contribution is 2.39. The van der Waals surface area contributed by atoms with Crippen molar-refractivity contribution in [3.63, 3.8) is 0 Å². The fourth-order valence-corrected chi connectivity index (χ4v) is 2.10. The summed E-state index contributed by atoms with van der Waals surface area (Å²) in [5, 5.41) is 1.76. The molecule has 0 aliphatic heterocycles. The molecule has 2 aromatic rings. The highest BCUT2D eigenvalue weighted by Gasteiger charge is 2.41. The predicted molar refractivity (Wildman–Crippen MR) is 79.2 cm³/mol. The highest BCUT2D eigenvalue weighted by molar-refractivity contribution is 6.30. The maximum atomic E-state index is 14.0. The van der Waals surface area contributed by atoms with Crippen LogP contribution in [0.15, 0.2) is 35.4 Å². The first-order chi connectivity index (χ1) is 10.8. The van der Waals surface area contributed by atoms with Crippen LogP contribution in [-0.2, 0) is 5.38 Å². The lowest BCUT2D eigenvalue weighted by molar-refractivity contribution is 0.0583. The van der Waals surface area contributed by atoms with Gasteiger partial charge in [-0.25, -0.2) is 4.39 Å². The summed E-state index contributed by atoms with van der Waals surface area (Å²) in [6.45, 7) is 3.39. The van der Waals surface area contributed by atoms with Gasteiger partial charge in [0.25, 0.3) is 5.91 Å². The Labute approximate surface area is 138 Å². The molecule has 0 atom stereocenters. The van der Waals surface area contributed by atoms with Crippen molar-refractivity contribution in [2.45, 2.75) is 5.38 Å². The number of benzene rings is 1. The molecule has 1 N–H and O–H groups in total. The van der Waals surface area contributed by atoms with E-state index in [2.05, 4.69) is 21.6 Å². The third-order valence-electron chi connectivity index (χ3n) is 2.77. The van der Waals surface area contributed by atoms with Crippen LogP contribution in [-0.4, -0.2) is 17.6 Å². The van der Waals surface area contributed by atoms with Gasteiger partial charge < -0.3 is 9.84 Å². The molecule has 0 saturated carbocycles. The summed E-state index contributed by atoms with van der Waals surface area (Å²) in [7, 11) is 0. The largest absolute Gasteiger partial charge is 0.383 e. The van der Waals surface area contributed by atoms with E-state index in [1.807, 2.05) is 0 Å². The fraction of sp³-hybridized carbons (Fsp3) is 0.143. The number of carbonyl (C=O) groups excluding carboxylic acids is 1. The van der Waals surface area contributed by atoms with Crippen LogP contribution >= 0.6 is 23.2 Å². The van der Waals surface area contributed by atoms with E-state index >= 15 is 0 Å². The van der Waals surface area contributed by atoms with Gasteiger partial charge in [-0.15, -0.1) is 6.58 Å². The number of hydrogen-bond acceptors (Lipinski definition) is 3. The maximum absolute atomic E-state index is 14.0. The van der Waals surface area contributed by atoms with Crippen LogP contribution in [0.4, 0.5) is 13.2 Å². The lowest BCUT2D eigenvalue weighted by atomic mass is 10.0. The average Bonchev–Trinajstić information content (AvgIpc) is 2.89. The van der Waals surface area contributed by atoms with Gasteiger partial charge in [-0.2, -0.15) is 8.78 Å². The van der Waals surface area contributed by atoms with Gasteiger partial charge in [0, 0.05) is 17.1 Å². The molecule has 0 bridgehead atoms. The van der Waals surface area contributed by atoms with E-state index in [0.717, 1.165) is 6.07 Å². The summed E-state index contributed by atoms with van der Waals surface area (Å²) >= 11 is 10.6. The average molecular weight is 365 g/mol. The van der Waals surface area contributed by atoms with E-state index in [0.29, 0.717) is 0 Å². The third-order valence-corrected chi connectivity index (χ3v) is 3.18. The zero-order valence-electron chi connectivity index (χ0n) is 11.4. The van der Waals surface area contributed by atoms with Crippen LogP contribution in [0, 0.1) is 5.82 Å². The number of rotatable bonds is 5. The molecule has 0 aliphatic carbocycles. The summed E-state index contributed by atoms with van der Waals surface area (Å²) in [6, 6.07) is 3.46. The van der Waals surface area contributed by atoms with Crippen molar-refractivity contribution in [1.82, 2.24) is 10.5 Å². The number of carbonyl (C=O) groups is 1. The van der Waals surface area contributed by atoms with Crippen molar-refractivity contribution in [2.24, 2.45) is 0 Å². The Hall–Kier alpha value is -1.99. The minimum absolute atomic E-state index is 0.000148. The van der Waals surface area contributed by atoms with E-state index in [4.69, 9.17) is 23.2 Å². The Kier molecular flexibility index (Phi) is 5.01. The number of nitrogens with zero attached hydrogens (tertiary/aromatic N) is 1. The van der Waals surface area contributed by atoms with Crippen molar-refractivity contribution in [3.05, 3.63) is 53.0 Å². The molecule has 2 rings (SSSR count). The first kappa shape index (κ1) is 17.4. The van der Waals surface area contributed by atoms with Gasteiger partial charge in [-0.05, 0) is 29.8 Å².